The van der Waals surface area contributed by atoms with Crippen molar-refractivity contribution in [1.29, 1.82) is 0 Å². The molecule has 0 saturated carbocycles. The van der Waals surface area contributed by atoms with E-state index in [9.17, 15) is 14.7 Å². The second kappa shape index (κ2) is 5.08. The summed E-state index contributed by atoms with van der Waals surface area (Å²) < 4.78 is 5.85. The number of nitrogens with zero attached hydrogens (tertiary/aromatic N) is 1. The molecular formula is C12H12BrNO5. The molecule has 0 radical (unpaired) electrons. The second-order valence-corrected chi connectivity index (χ2v) is 5.01. The number of hydrogen-bond donors (Lipinski definition) is 2. The number of benzene rings is 1. The maximum Gasteiger partial charge on any atom is 0.408 e. The Balaban J connectivity index is 2.56. The number of carboxylic acid groups (broad SMARTS) is 2. The van der Waals surface area contributed by atoms with Crippen LogP contribution >= 0.6 is 15.9 Å². The van der Waals surface area contributed by atoms with Gasteiger partial charge in [0.05, 0.1) is 11.6 Å². The van der Waals surface area contributed by atoms with Crippen molar-refractivity contribution in [2.45, 2.75) is 12.5 Å². The summed E-state index contributed by atoms with van der Waals surface area (Å²) in [6.45, 7) is 0.165. The Morgan fingerprint density at radius 1 is 1.42 bits per heavy atom. The van der Waals surface area contributed by atoms with Gasteiger partial charge in [-0.2, -0.15) is 0 Å². The highest BCUT2D eigenvalue weighted by Gasteiger charge is 2.36. The van der Waals surface area contributed by atoms with Gasteiger partial charge in [0.1, 0.15) is 5.75 Å². The van der Waals surface area contributed by atoms with Crippen molar-refractivity contribution in [3.05, 3.63) is 27.7 Å². The molecule has 0 aromatic heterocycles. The average Bonchev–Trinajstić information content (AvgIpc) is 2.35. The van der Waals surface area contributed by atoms with Gasteiger partial charge in [-0.3, -0.25) is 4.90 Å². The van der Waals surface area contributed by atoms with Gasteiger partial charge in [-0.05, 0) is 45.6 Å². The van der Waals surface area contributed by atoms with Crippen molar-refractivity contribution in [1.82, 2.24) is 4.90 Å². The first-order chi connectivity index (χ1) is 8.95. The fourth-order valence-electron chi connectivity index (χ4n) is 2.25. The zero-order valence-corrected chi connectivity index (χ0v) is 11.7. The van der Waals surface area contributed by atoms with Crippen molar-refractivity contribution in [2.24, 2.45) is 0 Å². The predicted octanol–water partition coefficient (Wildman–Crippen LogP) is 2.12. The quantitative estimate of drug-likeness (QED) is 0.867. The van der Waals surface area contributed by atoms with Gasteiger partial charge in [0, 0.05) is 6.54 Å². The summed E-state index contributed by atoms with van der Waals surface area (Å²) in [5, 5.41) is 18.4. The van der Waals surface area contributed by atoms with Crippen LogP contribution in [0.25, 0.3) is 0 Å². The van der Waals surface area contributed by atoms with Crippen molar-refractivity contribution in [2.75, 3.05) is 13.7 Å². The Morgan fingerprint density at radius 2 is 2.11 bits per heavy atom. The van der Waals surface area contributed by atoms with Gasteiger partial charge in [-0.1, -0.05) is 0 Å². The summed E-state index contributed by atoms with van der Waals surface area (Å²) in [7, 11) is 1.47. The maximum absolute atomic E-state index is 11.4. The third-order valence-electron chi connectivity index (χ3n) is 3.12. The Bertz CT molecular complexity index is 545. The van der Waals surface area contributed by atoms with Gasteiger partial charge >= 0.3 is 12.1 Å². The minimum absolute atomic E-state index is 0.165. The minimum Gasteiger partial charge on any atom is -0.496 e. The summed E-state index contributed by atoms with van der Waals surface area (Å²) in [6, 6.07) is 2.17. The molecule has 1 aliphatic heterocycles. The molecule has 0 bridgehead atoms. The molecule has 1 aliphatic rings. The molecule has 7 heteroatoms. The van der Waals surface area contributed by atoms with Crippen LogP contribution in [-0.4, -0.2) is 40.8 Å². The van der Waals surface area contributed by atoms with Crippen molar-refractivity contribution < 1.29 is 24.5 Å². The molecule has 102 valence electrons. The normalized spacial score (nSPS) is 17.8. The fourth-order valence-corrected chi connectivity index (χ4v) is 2.80. The molecule has 1 aromatic carbocycles. The van der Waals surface area contributed by atoms with Crippen LogP contribution in [0.2, 0.25) is 0 Å². The lowest BCUT2D eigenvalue weighted by atomic mass is 9.92. The largest absolute Gasteiger partial charge is 0.496 e. The molecule has 1 aromatic rings. The van der Waals surface area contributed by atoms with Gasteiger partial charge in [-0.25, -0.2) is 9.59 Å². The number of ether oxygens (including phenoxy) is 1. The summed E-state index contributed by atoms with van der Waals surface area (Å²) in [6.07, 6.45) is -0.756. The molecule has 1 unspecified atom stereocenters. The summed E-state index contributed by atoms with van der Waals surface area (Å²) in [5.41, 5.74) is 1.28. The number of carboxylic acids is 1. The van der Waals surface area contributed by atoms with E-state index in [4.69, 9.17) is 9.84 Å². The molecular weight excluding hydrogens is 318 g/mol. The van der Waals surface area contributed by atoms with E-state index >= 15 is 0 Å². The number of amides is 1. The highest BCUT2D eigenvalue weighted by Crippen LogP contribution is 2.36. The number of rotatable bonds is 2. The zero-order chi connectivity index (χ0) is 14.2. The number of hydrogen-bond acceptors (Lipinski definition) is 3. The standard InChI is InChI=1S/C12H12BrNO5/c1-19-9-5-7-6(4-8(9)13)2-3-14(12(17)18)10(7)11(15)16/h4-5,10H,2-3H2,1H3,(H,15,16)(H,17,18). The molecule has 2 rings (SSSR count). The summed E-state index contributed by atoms with van der Waals surface area (Å²) in [5.74, 6) is -0.704. The minimum atomic E-state index is -1.24. The first kappa shape index (κ1) is 13.7. The van der Waals surface area contributed by atoms with Crippen LogP contribution in [0.4, 0.5) is 4.79 Å². The lowest BCUT2D eigenvalue weighted by molar-refractivity contribution is -0.143. The highest BCUT2D eigenvalue weighted by molar-refractivity contribution is 9.10. The monoisotopic (exact) mass is 329 g/mol. The molecule has 0 fully saturated rings. The van der Waals surface area contributed by atoms with E-state index in [1.807, 2.05) is 0 Å². The van der Waals surface area contributed by atoms with Gasteiger partial charge < -0.3 is 14.9 Å². The van der Waals surface area contributed by atoms with E-state index < -0.39 is 18.1 Å². The first-order valence-electron chi connectivity index (χ1n) is 5.54. The van der Waals surface area contributed by atoms with Crippen LogP contribution in [0.3, 0.4) is 0 Å². The number of carbonyl (C=O) groups is 2. The molecule has 0 spiro atoms. The van der Waals surface area contributed by atoms with E-state index in [0.29, 0.717) is 17.7 Å². The molecule has 1 amide bonds. The molecule has 6 nitrogen and oxygen atoms in total. The Morgan fingerprint density at radius 3 is 2.63 bits per heavy atom. The maximum atomic E-state index is 11.4. The van der Waals surface area contributed by atoms with Crippen LogP contribution in [-0.2, 0) is 11.2 Å². The van der Waals surface area contributed by atoms with Gasteiger partial charge in [-0.15, -0.1) is 0 Å². The number of aliphatic carboxylic acids is 1. The van der Waals surface area contributed by atoms with Crippen LogP contribution in [0, 0.1) is 0 Å². The van der Waals surface area contributed by atoms with E-state index in [2.05, 4.69) is 15.9 Å². The molecule has 1 atom stereocenters. The zero-order valence-electron chi connectivity index (χ0n) is 10.1. The van der Waals surface area contributed by atoms with Crippen molar-refractivity contribution in [3.8, 4) is 5.75 Å². The third-order valence-corrected chi connectivity index (χ3v) is 3.74. The van der Waals surface area contributed by atoms with Crippen molar-refractivity contribution >= 4 is 28.0 Å². The summed E-state index contributed by atoms with van der Waals surface area (Å²) in [4.78, 5) is 23.4. The highest BCUT2D eigenvalue weighted by atomic mass is 79.9. The van der Waals surface area contributed by atoms with Gasteiger partial charge in [0.15, 0.2) is 6.04 Å². The van der Waals surface area contributed by atoms with E-state index in [-0.39, 0.29) is 6.54 Å². The van der Waals surface area contributed by atoms with Gasteiger partial charge in [0.25, 0.3) is 0 Å². The van der Waals surface area contributed by atoms with E-state index in [0.717, 1.165) is 14.9 Å². The Hall–Kier alpha value is -1.76. The predicted molar refractivity (Wildman–Crippen MR) is 69.5 cm³/mol. The van der Waals surface area contributed by atoms with E-state index in [1.165, 1.54) is 7.11 Å². The van der Waals surface area contributed by atoms with Crippen molar-refractivity contribution in [3.63, 3.8) is 0 Å². The Kier molecular flexibility index (Phi) is 3.66. The smallest absolute Gasteiger partial charge is 0.408 e. The topological polar surface area (TPSA) is 87.1 Å². The van der Waals surface area contributed by atoms with Crippen LogP contribution in [0.1, 0.15) is 17.2 Å². The molecule has 19 heavy (non-hydrogen) atoms. The number of halogens is 1. The Labute approximate surface area is 117 Å². The lowest BCUT2D eigenvalue weighted by Gasteiger charge is -2.33. The first-order valence-corrected chi connectivity index (χ1v) is 6.33. The number of methoxy groups -OCH3 is 1. The third kappa shape index (κ3) is 2.37. The lowest BCUT2D eigenvalue weighted by Crippen LogP contribution is -2.42. The van der Waals surface area contributed by atoms with Crippen LogP contribution < -0.4 is 4.74 Å². The average molecular weight is 330 g/mol. The summed E-state index contributed by atoms with van der Waals surface area (Å²) >= 11 is 3.33. The molecule has 1 heterocycles. The van der Waals surface area contributed by atoms with Crippen LogP contribution in [0.5, 0.6) is 5.75 Å². The molecule has 2 N–H and O–H groups in total. The van der Waals surface area contributed by atoms with Gasteiger partial charge in [0.2, 0.25) is 0 Å². The SMILES string of the molecule is COc1cc2c(cc1Br)CCN(C(=O)O)C2C(=O)O. The molecule has 0 aliphatic carbocycles. The second-order valence-electron chi connectivity index (χ2n) is 4.15. The fraction of sp³-hybridized carbons (Fsp3) is 0.333. The van der Waals surface area contributed by atoms with Crippen LogP contribution in [0.15, 0.2) is 16.6 Å². The molecule has 0 saturated heterocycles. The number of fused-ring (bicyclic) bond motifs is 1. The van der Waals surface area contributed by atoms with E-state index in [1.54, 1.807) is 12.1 Å².